The van der Waals surface area contributed by atoms with E-state index in [2.05, 4.69) is 15.6 Å². The Morgan fingerprint density at radius 2 is 1.72 bits per heavy atom. The van der Waals surface area contributed by atoms with Gasteiger partial charge in [-0.2, -0.15) is 26.3 Å². The minimum atomic E-state index is -5.04. The van der Waals surface area contributed by atoms with Crippen LogP contribution in [0.2, 0.25) is 0 Å². The Morgan fingerprint density at radius 3 is 2.37 bits per heavy atom. The van der Waals surface area contributed by atoms with Crippen LogP contribution in [0.4, 0.5) is 36.4 Å². The number of halogens is 7. The van der Waals surface area contributed by atoms with Gasteiger partial charge in [-0.1, -0.05) is 17.7 Å². The maximum absolute atomic E-state index is 13.8. The lowest BCUT2D eigenvalue weighted by Gasteiger charge is -2.30. The average Bonchev–Trinajstić information content (AvgIpc) is 3.46. The largest absolute Gasteiger partial charge is 0.496 e. The minimum absolute atomic E-state index is 0.0560. The molecule has 0 saturated heterocycles. The van der Waals surface area contributed by atoms with Crippen molar-refractivity contribution in [2.45, 2.75) is 31.2 Å². The fraction of sp³-hybridized carbons (Fsp3) is 0.300. The number of hydrogen-bond acceptors (Lipinski definition) is 4. The Balaban J connectivity index is 1.48. The van der Waals surface area contributed by atoms with Gasteiger partial charge >= 0.3 is 12.4 Å². The molecule has 1 aromatic heterocycles. The highest BCUT2D eigenvalue weighted by atomic mass is 19.4. The summed E-state index contributed by atoms with van der Waals surface area (Å²) in [4.78, 5) is 31.1. The van der Waals surface area contributed by atoms with Gasteiger partial charge in [0.15, 0.2) is 0 Å². The van der Waals surface area contributed by atoms with Crippen molar-refractivity contribution in [1.29, 1.82) is 0 Å². The molecule has 2 fully saturated rings. The number of ether oxygens (including phenoxy) is 1. The molecule has 6 nitrogen and oxygen atoms in total. The third-order valence-corrected chi connectivity index (χ3v) is 7.81. The summed E-state index contributed by atoms with van der Waals surface area (Å²) >= 11 is 0. The van der Waals surface area contributed by atoms with Crippen molar-refractivity contribution in [3.8, 4) is 16.9 Å². The van der Waals surface area contributed by atoms with Gasteiger partial charge in [-0.15, -0.1) is 0 Å². The number of carbonyl (C=O) groups excluding carboxylic acids is 2. The molecule has 2 aromatic carbocycles. The zero-order valence-corrected chi connectivity index (χ0v) is 22.4. The predicted molar refractivity (Wildman–Crippen MR) is 141 cm³/mol. The normalized spacial score (nSPS) is 22.5. The molecule has 5 rings (SSSR count). The number of pyridine rings is 1. The quantitative estimate of drug-likeness (QED) is 0.239. The molecule has 2 aliphatic rings. The van der Waals surface area contributed by atoms with Crippen LogP contribution in [0.1, 0.15) is 28.8 Å². The first-order valence-corrected chi connectivity index (χ1v) is 13.1. The summed E-state index contributed by atoms with van der Waals surface area (Å²) in [5.41, 5.74) is -0.718. The van der Waals surface area contributed by atoms with E-state index in [0.29, 0.717) is 23.3 Å². The van der Waals surface area contributed by atoms with Crippen LogP contribution in [-0.4, -0.2) is 36.1 Å². The van der Waals surface area contributed by atoms with Crippen LogP contribution < -0.4 is 15.4 Å². The molecule has 1 heterocycles. The highest BCUT2D eigenvalue weighted by molar-refractivity contribution is 6.00. The molecule has 3 aromatic rings. The predicted octanol–water partition coefficient (Wildman–Crippen LogP) is 6.80. The average molecular weight is 608 g/mol. The molecule has 226 valence electrons. The molecule has 43 heavy (non-hydrogen) atoms. The Bertz CT molecular complexity index is 1570. The van der Waals surface area contributed by atoms with E-state index in [1.807, 2.05) is 0 Å². The molecular weight excluding hydrogens is 583 g/mol. The van der Waals surface area contributed by atoms with Gasteiger partial charge in [0, 0.05) is 41.7 Å². The zero-order chi connectivity index (χ0) is 31.1. The lowest BCUT2D eigenvalue weighted by molar-refractivity contribution is -0.140. The van der Waals surface area contributed by atoms with Crippen LogP contribution in [-0.2, 0) is 11.0 Å². The van der Waals surface area contributed by atoms with E-state index in [1.165, 1.54) is 13.2 Å². The van der Waals surface area contributed by atoms with Crippen LogP contribution >= 0.6 is 0 Å². The number of fused-ring (bicyclic) bond motifs is 2. The second-order valence-electron chi connectivity index (χ2n) is 10.3. The highest BCUT2D eigenvalue weighted by Gasteiger charge is 2.55. The smallest absolute Gasteiger partial charge is 0.419 e. The molecular formula is C30H24F7N3O3. The third-order valence-electron chi connectivity index (χ3n) is 7.81. The number of carbonyl (C=O) groups is 2. The summed E-state index contributed by atoms with van der Waals surface area (Å²) in [6, 6.07) is 8.98. The maximum atomic E-state index is 13.8. The summed E-state index contributed by atoms with van der Waals surface area (Å²) in [7, 11) is 1.34. The second kappa shape index (κ2) is 11.3. The minimum Gasteiger partial charge on any atom is -0.496 e. The highest BCUT2D eigenvalue weighted by Crippen LogP contribution is 2.54. The molecule has 2 amide bonds. The van der Waals surface area contributed by atoms with Crippen LogP contribution in [0.5, 0.6) is 5.75 Å². The number of rotatable bonds is 6. The van der Waals surface area contributed by atoms with Crippen LogP contribution in [0.25, 0.3) is 11.1 Å². The van der Waals surface area contributed by atoms with Crippen molar-refractivity contribution in [3.63, 3.8) is 0 Å². The van der Waals surface area contributed by atoms with E-state index in [1.54, 1.807) is 36.7 Å². The monoisotopic (exact) mass is 607 g/mol. The van der Waals surface area contributed by atoms with Gasteiger partial charge in [-0.25, -0.2) is 4.39 Å². The van der Waals surface area contributed by atoms with Gasteiger partial charge in [0.25, 0.3) is 5.91 Å². The number of amides is 2. The lowest BCUT2D eigenvalue weighted by atomic mass is 9.83. The van der Waals surface area contributed by atoms with Crippen molar-refractivity contribution in [3.05, 3.63) is 89.5 Å². The van der Waals surface area contributed by atoms with E-state index in [4.69, 9.17) is 4.74 Å². The van der Waals surface area contributed by atoms with Gasteiger partial charge in [0.1, 0.15) is 11.6 Å². The number of nitrogens with one attached hydrogen (secondary N) is 2. The number of aromatic nitrogens is 1. The van der Waals surface area contributed by atoms with Crippen molar-refractivity contribution in [1.82, 2.24) is 10.3 Å². The molecule has 0 spiro atoms. The number of hydrogen-bond donors (Lipinski definition) is 2. The van der Waals surface area contributed by atoms with Crippen molar-refractivity contribution in [2.75, 3.05) is 12.4 Å². The van der Waals surface area contributed by atoms with Gasteiger partial charge in [0.2, 0.25) is 5.91 Å². The molecule has 2 unspecified atom stereocenters. The maximum Gasteiger partial charge on any atom is 0.419 e. The van der Waals surface area contributed by atoms with Crippen LogP contribution in [0.15, 0.2) is 72.6 Å². The first-order chi connectivity index (χ1) is 20.3. The number of anilines is 1. The number of nitrogens with zero attached hydrogens (tertiary/aromatic N) is 1. The number of benzene rings is 2. The van der Waals surface area contributed by atoms with Crippen LogP contribution in [0, 0.1) is 23.6 Å². The second-order valence-corrected chi connectivity index (χ2v) is 10.3. The Labute approximate surface area is 241 Å². The third kappa shape index (κ3) is 6.20. The standard InChI is InChI=1S/C30H24F7N3O3/c1-43-24-9-4-15(16-3-2-10-38-14-16)11-20(24)27(41)40-26-19-7-6-18(21(19)13-29(32,33)34)25(26)28(42)39-17-5-8-23(31)22(12-17)30(35,36)37/h2-5,8-14,18-19,25-26H,6-7H2,1H3,(H,39,42)(H,40,41)/b21-13-/t18?,19?,25-,26+/m0/s1. The first kappa shape index (κ1) is 30.1. The fourth-order valence-electron chi connectivity index (χ4n) is 6.05. The molecule has 0 aliphatic heterocycles. The summed E-state index contributed by atoms with van der Waals surface area (Å²) < 4.78 is 99.3. The summed E-state index contributed by atoms with van der Waals surface area (Å²) in [5, 5.41) is 5.00. The van der Waals surface area contributed by atoms with E-state index in [9.17, 15) is 40.3 Å². The van der Waals surface area contributed by atoms with Gasteiger partial charge in [-0.05, 0) is 60.7 Å². The number of alkyl halides is 6. The lowest BCUT2D eigenvalue weighted by Crippen LogP contribution is -2.48. The van der Waals surface area contributed by atoms with E-state index >= 15 is 0 Å². The van der Waals surface area contributed by atoms with E-state index < -0.39 is 65.0 Å². The fourth-order valence-corrected chi connectivity index (χ4v) is 6.05. The van der Waals surface area contributed by atoms with Crippen molar-refractivity contribution >= 4 is 17.5 Å². The van der Waals surface area contributed by atoms with Gasteiger partial charge in [0.05, 0.1) is 24.2 Å². The summed E-state index contributed by atoms with van der Waals surface area (Å²) in [5.74, 6) is -6.02. The Kier molecular flexibility index (Phi) is 7.93. The SMILES string of the molecule is COc1ccc(-c2cccnc2)cc1C(=O)N[C@@H]1C2CCC(/C2=C/C(F)(F)F)[C@@H]1C(=O)Nc1ccc(F)c(C(F)(F)F)c1. The first-order valence-electron chi connectivity index (χ1n) is 13.1. The van der Waals surface area contributed by atoms with Crippen molar-refractivity contribution in [2.24, 2.45) is 17.8 Å². The van der Waals surface area contributed by atoms with Crippen LogP contribution in [0.3, 0.4) is 0 Å². The number of allylic oxidation sites excluding steroid dienone is 1. The molecule has 0 radical (unpaired) electrons. The molecule has 4 atom stereocenters. The Morgan fingerprint density at radius 1 is 0.977 bits per heavy atom. The van der Waals surface area contributed by atoms with Crippen molar-refractivity contribution < 1.29 is 45.1 Å². The van der Waals surface area contributed by atoms with E-state index in [-0.39, 0.29) is 35.8 Å². The zero-order valence-electron chi connectivity index (χ0n) is 22.4. The Hall–Kier alpha value is -4.42. The number of methoxy groups -OCH3 is 1. The van der Waals surface area contributed by atoms with E-state index in [0.717, 1.165) is 6.07 Å². The summed E-state index contributed by atoms with van der Waals surface area (Å²) in [6.45, 7) is 0. The molecule has 13 heteroatoms. The topological polar surface area (TPSA) is 80.3 Å². The van der Waals surface area contributed by atoms with Gasteiger partial charge < -0.3 is 15.4 Å². The molecule has 2 saturated carbocycles. The molecule has 2 N–H and O–H groups in total. The summed E-state index contributed by atoms with van der Waals surface area (Å²) in [6.07, 6.45) is -6.01. The molecule has 2 bridgehead atoms. The molecule has 2 aliphatic carbocycles. The van der Waals surface area contributed by atoms with Gasteiger partial charge in [-0.3, -0.25) is 14.6 Å².